The maximum Gasteiger partial charge on any atom is 0.270 e. The fraction of sp³-hybridized carbons (Fsp3) is 0.312. The van der Waals surface area contributed by atoms with Crippen molar-refractivity contribution in [3.63, 3.8) is 0 Å². The van der Waals surface area contributed by atoms with Crippen LogP contribution in [0.4, 0.5) is 5.69 Å². The Morgan fingerprint density at radius 1 is 1.30 bits per heavy atom. The van der Waals surface area contributed by atoms with Crippen molar-refractivity contribution in [3.05, 3.63) is 47.7 Å². The molecule has 23 heavy (non-hydrogen) atoms. The van der Waals surface area contributed by atoms with Gasteiger partial charge in [-0.2, -0.15) is 0 Å². The monoisotopic (exact) mass is 314 g/mol. The molecule has 1 fully saturated rings. The van der Waals surface area contributed by atoms with Gasteiger partial charge in [-0.3, -0.25) is 9.59 Å². The first-order valence-electron chi connectivity index (χ1n) is 7.51. The van der Waals surface area contributed by atoms with E-state index in [9.17, 15) is 9.59 Å². The second-order valence-corrected chi connectivity index (χ2v) is 5.42. The number of aromatic nitrogens is 1. The van der Waals surface area contributed by atoms with Gasteiger partial charge >= 0.3 is 0 Å². The number of amides is 2. The first-order chi connectivity index (χ1) is 11.1. The summed E-state index contributed by atoms with van der Waals surface area (Å²) in [4.78, 5) is 29.3. The SMILES string of the molecule is NC(=O)c1coc(CNC(=O)c2cccc(N3CCCC3)c2)n1. The summed E-state index contributed by atoms with van der Waals surface area (Å²) in [7, 11) is 0. The van der Waals surface area contributed by atoms with E-state index < -0.39 is 5.91 Å². The molecule has 2 heterocycles. The van der Waals surface area contributed by atoms with Crippen molar-refractivity contribution < 1.29 is 14.0 Å². The molecule has 1 saturated heterocycles. The second kappa shape index (κ2) is 6.51. The first kappa shape index (κ1) is 15.1. The predicted octanol–water partition coefficient (Wildman–Crippen LogP) is 1.30. The highest BCUT2D eigenvalue weighted by molar-refractivity contribution is 5.95. The molecule has 120 valence electrons. The molecule has 3 rings (SSSR count). The molecular weight excluding hydrogens is 296 g/mol. The van der Waals surface area contributed by atoms with E-state index in [0.29, 0.717) is 5.56 Å². The number of anilines is 1. The Bertz CT molecular complexity index is 720. The molecule has 1 aliphatic rings. The molecule has 0 radical (unpaired) electrons. The van der Waals surface area contributed by atoms with Crippen LogP contribution in [0.2, 0.25) is 0 Å². The molecule has 0 bridgehead atoms. The maximum atomic E-state index is 12.2. The molecule has 2 amide bonds. The highest BCUT2D eigenvalue weighted by atomic mass is 16.3. The molecule has 0 unspecified atom stereocenters. The average Bonchev–Trinajstić information content (AvgIpc) is 3.24. The van der Waals surface area contributed by atoms with Gasteiger partial charge in [0.05, 0.1) is 6.54 Å². The Kier molecular flexibility index (Phi) is 4.27. The van der Waals surface area contributed by atoms with Gasteiger partial charge in [-0.05, 0) is 31.0 Å². The van der Waals surface area contributed by atoms with E-state index in [4.69, 9.17) is 10.2 Å². The van der Waals surface area contributed by atoms with Gasteiger partial charge in [-0.25, -0.2) is 4.98 Å². The molecule has 7 heteroatoms. The van der Waals surface area contributed by atoms with Crippen LogP contribution < -0.4 is 16.0 Å². The van der Waals surface area contributed by atoms with Crippen molar-refractivity contribution in [2.75, 3.05) is 18.0 Å². The molecule has 7 nitrogen and oxygen atoms in total. The van der Waals surface area contributed by atoms with E-state index in [1.807, 2.05) is 18.2 Å². The third-order valence-electron chi connectivity index (χ3n) is 3.78. The standard InChI is InChI=1S/C16H18N4O3/c17-15(21)13-10-23-14(19-13)9-18-16(22)11-4-3-5-12(8-11)20-6-1-2-7-20/h3-5,8,10H,1-2,6-7,9H2,(H2,17,21)(H,18,22). The quantitative estimate of drug-likeness (QED) is 0.866. The Morgan fingerprint density at radius 3 is 2.78 bits per heavy atom. The molecule has 0 spiro atoms. The van der Waals surface area contributed by atoms with Crippen LogP contribution >= 0.6 is 0 Å². The summed E-state index contributed by atoms with van der Waals surface area (Å²) in [6.45, 7) is 2.15. The smallest absolute Gasteiger partial charge is 0.270 e. The first-order valence-corrected chi connectivity index (χ1v) is 7.51. The van der Waals surface area contributed by atoms with E-state index in [2.05, 4.69) is 15.2 Å². The molecule has 0 atom stereocenters. The van der Waals surface area contributed by atoms with Gasteiger partial charge in [0.2, 0.25) is 5.89 Å². The third kappa shape index (κ3) is 3.50. The maximum absolute atomic E-state index is 12.2. The van der Waals surface area contributed by atoms with Gasteiger partial charge in [-0.1, -0.05) is 6.07 Å². The molecule has 0 aliphatic carbocycles. The molecule has 1 aliphatic heterocycles. The van der Waals surface area contributed by atoms with E-state index in [-0.39, 0.29) is 24.0 Å². The predicted molar refractivity (Wildman–Crippen MR) is 84.1 cm³/mol. The van der Waals surface area contributed by atoms with Crippen molar-refractivity contribution in [3.8, 4) is 0 Å². The van der Waals surface area contributed by atoms with Gasteiger partial charge in [0.15, 0.2) is 5.69 Å². The van der Waals surface area contributed by atoms with Crippen molar-refractivity contribution in [2.24, 2.45) is 5.73 Å². The largest absolute Gasteiger partial charge is 0.446 e. The van der Waals surface area contributed by atoms with Crippen LogP contribution in [0.3, 0.4) is 0 Å². The zero-order valence-corrected chi connectivity index (χ0v) is 12.6. The number of rotatable bonds is 5. The molecule has 1 aromatic carbocycles. The summed E-state index contributed by atoms with van der Waals surface area (Å²) in [5.41, 5.74) is 6.78. The number of nitrogens with one attached hydrogen (secondary N) is 1. The van der Waals surface area contributed by atoms with E-state index in [1.54, 1.807) is 6.07 Å². The van der Waals surface area contributed by atoms with Gasteiger partial charge in [0.25, 0.3) is 11.8 Å². The Morgan fingerprint density at radius 2 is 2.09 bits per heavy atom. The van der Waals surface area contributed by atoms with E-state index in [0.717, 1.165) is 18.8 Å². The van der Waals surface area contributed by atoms with Gasteiger partial charge < -0.3 is 20.4 Å². The van der Waals surface area contributed by atoms with Crippen LogP contribution in [-0.2, 0) is 6.54 Å². The number of hydrogen-bond acceptors (Lipinski definition) is 5. The van der Waals surface area contributed by atoms with E-state index >= 15 is 0 Å². The number of primary amides is 1. The number of benzene rings is 1. The Hall–Kier alpha value is -2.83. The van der Waals surface area contributed by atoms with Crippen LogP contribution in [0.25, 0.3) is 0 Å². The number of hydrogen-bond donors (Lipinski definition) is 2. The third-order valence-corrected chi connectivity index (χ3v) is 3.78. The van der Waals surface area contributed by atoms with Crippen LogP contribution in [0, 0.1) is 0 Å². The molecular formula is C16H18N4O3. The fourth-order valence-electron chi connectivity index (χ4n) is 2.58. The van der Waals surface area contributed by atoms with Crippen molar-refractivity contribution in [1.82, 2.24) is 10.3 Å². The van der Waals surface area contributed by atoms with Gasteiger partial charge in [0, 0.05) is 24.3 Å². The molecule has 2 aromatic rings. The van der Waals surface area contributed by atoms with Crippen LogP contribution in [-0.4, -0.2) is 29.9 Å². The zero-order chi connectivity index (χ0) is 16.2. The van der Waals surface area contributed by atoms with Crippen LogP contribution in [0.1, 0.15) is 39.6 Å². The van der Waals surface area contributed by atoms with Crippen molar-refractivity contribution >= 4 is 17.5 Å². The molecule has 3 N–H and O–H groups in total. The van der Waals surface area contributed by atoms with Crippen LogP contribution in [0.5, 0.6) is 0 Å². The summed E-state index contributed by atoms with van der Waals surface area (Å²) in [6, 6.07) is 7.53. The number of carbonyl (C=O) groups is 2. The minimum atomic E-state index is -0.662. The average molecular weight is 314 g/mol. The Balaban J connectivity index is 1.63. The number of carbonyl (C=O) groups excluding carboxylic acids is 2. The van der Waals surface area contributed by atoms with E-state index in [1.165, 1.54) is 19.1 Å². The lowest BCUT2D eigenvalue weighted by molar-refractivity contribution is 0.0946. The minimum Gasteiger partial charge on any atom is -0.446 e. The minimum absolute atomic E-state index is 0.0466. The fourth-order valence-corrected chi connectivity index (χ4v) is 2.58. The van der Waals surface area contributed by atoms with Crippen molar-refractivity contribution in [1.29, 1.82) is 0 Å². The highest BCUT2D eigenvalue weighted by Crippen LogP contribution is 2.21. The van der Waals surface area contributed by atoms with Crippen LogP contribution in [0.15, 0.2) is 34.9 Å². The number of oxazole rings is 1. The highest BCUT2D eigenvalue weighted by Gasteiger charge is 2.15. The number of nitrogens with two attached hydrogens (primary N) is 1. The topological polar surface area (TPSA) is 101 Å². The van der Waals surface area contributed by atoms with Gasteiger partial charge in [-0.15, -0.1) is 0 Å². The molecule has 1 aromatic heterocycles. The molecule has 0 saturated carbocycles. The van der Waals surface area contributed by atoms with Crippen molar-refractivity contribution in [2.45, 2.75) is 19.4 Å². The summed E-state index contributed by atoms with van der Waals surface area (Å²) >= 11 is 0. The second-order valence-electron chi connectivity index (χ2n) is 5.42. The summed E-state index contributed by atoms with van der Waals surface area (Å²) < 4.78 is 5.08. The Labute approximate surface area is 133 Å². The zero-order valence-electron chi connectivity index (χ0n) is 12.6. The van der Waals surface area contributed by atoms with Gasteiger partial charge in [0.1, 0.15) is 6.26 Å². The lowest BCUT2D eigenvalue weighted by Crippen LogP contribution is -2.24. The normalized spacial score (nSPS) is 14.0. The summed E-state index contributed by atoms with van der Waals surface area (Å²) in [5.74, 6) is -0.641. The summed E-state index contributed by atoms with van der Waals surface area (Å²) in [6.07, 6.45) is 3.55. The number of nitrogens with zero attached hydrogens (tertiary/aromatic N) is 2. The lowest BCUT2D eigenvalue weighted by atomic mass is 10.1. The lowest BCUT2D eigenvalue weighted by Gasteiger charge is -2.18. The summed E-state index contributed by atoms with van der Waals surface area (Å²) in [5, 5.41) is 2.72.